The van der Waals surface area contributed by atoms with Gasteiger partial charge in [0, 0.05) is 24.5 Å². The summed E-state index contributed by atoms with van der Waals surface area (Å²) in [6, 6.07) is 26.7. The van der Waals surface area contributed by atoms with Crippen LogP contribution in [-0.2, 0) is 13.1 Å². The van der Waals surface area contributed by atoms with Gasteiger partial charge in [0.15, 0.2) is 0 Å². The van der Waals surface area contributed by atoms with Gasteiger partial charge in [-0.05, 0) is 47.5 Å². The van der Waals surface area contributed by atoms with Gasteiger partial charge in [-0.2, -0.15) is 5.10 Å². The largest absolute Gasteiger partial charge is 0.457 e. The normalized spacial score (nSPS) is 10.5. The van der Waals surface area contributed by atoms with E-state index in [1.807, 2.05) is 71.5 Å². The van der Waals surface area contributed by atoms with Crippen molar-refractivity contribution in [2.45, 2.75) is 13.1 Å². The number of carbonyl (C=O) groups is 1. The molecule has 0 aliphatic rings. The van der Waals surface area contributed by atoms with Crippen molar-refractivity contribution in [1.82, 2.24) is 15.1 Å². The zero-order valence-corrected chi connectivity index (χ0v) is 15.9. The lowest BCUT2D eigenvalue weighted by molar-refractivity contribution is 0.0950. The van der Waals surface area contributed by atoms with Crippen LogP contribution in [0.1, 0.15) is 21.5 Å². The summed E-state index contributed by atoms with van der Waals surface area (Å²) in [7, 11) is 0. The molecule has 0 aliphatic heterocycles. The van der Waals surface area contributed by atoms with E-state index in [1.54, 1.807) is 18.3 Å². The van der Waals surface area contributed by atoms with E-state index in [0.717, 1.165) is 16.9 Å². The Labute approximate surface area is 169 Å². The Morgan fingerprint density at radius 2 is 1.66 bits per heavy atom. The first-order valence-corrected chi connectivity index (χ1v) is 9.43. The van der Waals surface area contributed by atoms with Crippen molar-refractivity contribution in [2.75, 3.05) is 0 Å². The quantitative estimate of drug-likeness (QED) is 0.505. The molecule has 0 radical (unpaired) electrons. The lowest BCUT2D eigenvalue weighted by Gasteiger charge is -2.09. The molecule has 4 aromatic rings. The second-order valence-corrected chi connectivity index (χ2v) is 6.65. The van der Waals surface area contributed by atoms with Crippen LogP contribution in [-0.4, -0.2) is 15.7 Å². The monoisotopic (exact) mass is 383 g/mol. The van der Waals surface area contributed by atoms with E-state index in [-0.39, 0.29) is 5.91 Å². The molecule has 0 bridgehead atoms. The zero-order valence-electron chi connectivity index (χ0n) is 15.9. The molecule has 0 aliphatic carbocycles. The topological polar surface area (TPSA) is 56.2 Å². The molecular weight excluding hydrogens is 362 g/mol. The molecule has 4 rings (SSSR count). The van der Waals surface area contributed by atoms with Crippen molar-refractivity contribution < 1.29 is 9.53 Å². The van der Waals surface area contributed by atoms with Gasteiger partial charge < -0.3 is 10.1 Å². The van der Waals surface area contributed by atoms with Crippen LogP contribution >= 0.6 is 0 Å². The first-order valence-electron chi connectivity index (χ1n) is 9.43. The molecular formula is C24H21N3O2. The van der Waals surface area contributed by atoms with Gasteiger partial charge in [-0.3, -0.25) is 9.48 Å². The maximum Gasteiger partial charge on any atom is 0.251 e. The molecule has 3 aromatic carbocycles. The van der Waals surface area contributed by atoms with Gasteiger partial charge in [0.05, 0.1) is 6.54 Å². The van der Waals surface area contributed by atoms with E-state index in [2.05, 4.69) is 22.5 Å². The summed E-state index contributed by atoms with van der Waals surface area (Å²) in [6.45, 7) is 1.16. The lowest BCUT2D eigenvalue weighted by atomic mass is 10.1. The smallest absolute Gasteiger partial charge is 0.251 e. The average molecular weight is 383 g/mol. The number of hydrogen-bond acceptors (Lipinski definition) is 3. The van der Waals surface area contributed by atoms with Crippen LogP contribution in [0.25, 0.3) is 0 Å². The molecule has 29 heavy (non-hydrogen) atoms. The second-order valence-electron chi connectivity index (χ2n) is 6.65. The molecule has 1 aromatic heterocycles. The highest BCUT2D eigenvalue weighted by Gasteiger charge is 2.08. The number of hydrogen-bond donors (Lipinski definition) is 1. The Bertz CT molecular complexity index is 1080. The highest BCUT2D eigenvalue weighted by molar-refractivity contribution is 5.94. The molecule has 5 heteroatoms. The maximum atomic E-state index is 12.6. The Hall–Kier alpha value is -3.86. The summed E-state index contributed by atoms with van der Waals surface area (Å²) in [5.74, 6) is 1.23. The van der Waals surface area contributed by atoms with Crippen LogP contribution in [0.2, 0.25) is 0 Å². The third kappa shape index (κ3) is 5.11. The van der Waals surface area contributed by atoms with Crippen molar-refractivity contribution in [1.29, 1.82) is 0 Å². The summed E-state index contributed by atoms with van der Waals surface area (Å²) < 4.78 is 7.68. The molecule has 1 amide bonds. The Morgan fingerprint density at radius 3 is 2.48 bits per heavy atom. The van der Waals surface area contributed by atoms with Crippen molar-refractivity contribution in [3.63, 3.8) is 0 Å². The van der Waals surface area contributed by atoms with Crippen LogP contribution < -0.4 is 10.1 Å². The van der Waals surface area contributed by atoms with Gasteiger partial charge in [0.2, 0.25) is 0 Å². The van der Waals surface area contributed by atoms with E-state index in [4.69, 9.17) is 4.74 Å². The van der Waals surface area contributed by atoms with Crippen molar-refractivity contribution in [3.8, 4) is 11.5 Å². The van der Waals surface area contributed by atoms with Gasteiger partial charge in [-0.15, -0.1) is 0 Å². The summed E-state index contributed by atoms with van der Waals surface area (Å²) in [6.07, 6.45) is 3.69. The summed E-state index contributed by atoms with van der Waals surface area (Å²) >= 11 is 0. The summed E-state index contributed by atoms with van der Waals surface area (Å²) in [5, 5.41) is 7.20. The van der Waals surface area contributed by atoms with Gasteiger partial charge in [0.1, 0.15) is 11.5 Å². The Balaban J connectivity index is 1.38. The SMILES string of the molecule is O=C(NCc1cccc(Cn2cccn2)c1)c1cccc(Oc2ccccc2)c1. The van der Waals surface area contributed by atoms with Crippen molar-refractivity contribution >= 4 is 5.91 Å². The second kappa shape index (κ2) is 8.89. The summed E-state index contributed by atoms with van der Waals surface area (Å²) in [5.41, 5.74) is 2.74. The van der Waals surface area contributed by atoms with E-state index >= 15 is 0 Å². The minimum atomic E-state index is -0.138. The number of benzene rings is 3. The van der Waals surface area contributed by atoms with Gasteiger partial charge >= 0.3 is 0 Å². The Morgan fingerprint density at radius 1 is 0.862 bits per heavy atom. The van der Waals surface area contributed by atoms with Crippen molar-refractivity contribution in [2.24, 2.45) is 0 Å². The summed E-state index contributed by atoms with van der Waals surface area (Å²) in [4.78, 5) is 12.6. The molecule has 0 fully saturated rings. The number of amides is 1. The number of para-hydroxylation sites is 1. The van der Waals surface area contributed by atoms with Crippen LogP contribution in [0, 0.1) is 0 Å². The van der Waals surface area contributed by atoms with Gasteiger partial charge in [-0.1, -0.05) is 48.5 Å². The van der Waals surface area contributed by atoms with E-state index in [0.29, 0.717) is 24.4 Å². The number of aromatic nitrogens is 2. The predicted octanol–water partition coefficient (Wildman–Crippen LogP) is 4.65. The molecule has 0 unspecified atom stereocenters. The van der Waals surface area contributed by atoms with E-state index in [1.165, 1.54) is 0 Å². The fourth-order valence-electron chi connectivity index (χ4n) is 3.03. The standard InChI is InChI=1S/C24H21N3O2/c28-24(21-9-5-12-23(16-21)29-22-10-2-1-3-11-22)25-17-19-7-4-8-20(15-19)18-27-14-6-13-26-27/h1-16H,17-18H2,(H,25,28). The van der Waals surface area contributed by atoms with Gasteiger partial charge in [-0.25, -0.2) is 0 Å². The molecule has 0 saturated carbocycles. The minimum Gasteiger partial charge on any atom is -0.457 e. The highest BCUT2D eigenvalue weighted by atomic mass is 16.5. The molecule has 0 spiro atoms. The third-order valence-electron chi connectivity index (χ3n) is 4.42. The first-order chi connectivity index (χ1) is 14.3. The zero-order chi connectivity index (χ0) is 19.9. The lowest BCUT2D eigenvalue weighted by Crippen LogP contribution is -2.22. The Kier molecular flexibility index (Phi) is 5.67. The van der Waals surface area contributed by atoms with Gasteiger partial charge in [0.25, 0.3) is 5.91 Å². The molecule has 0 saturated heterocycles. The van der Waals surface area contributed by atoms with Crippen molar-refractivity contribution in [3.05, 3.63) is 114 Å². The molecule has 0 atom stereocenters. The molecule has 1 heterocycles. The van der Waals surface area contributed by atoms with Crippen LogP contribution in [0.3, 0.4) is 0 Å². The van der Waals surface area contributed by atoms with Crippen LogP contribution in [0.15, 0.2) is 97.3 Å². The fourth-order valence-corrected chi connectivity index (χ4v) is 3.03. The number of nitrogens with one attached hydrogen (secondary N) is 1. The number of ether oxygens (including phenoxy) is 1. The van der Waals surface area contributed by atoms with Crippen LogP contribution in [0.4, 0.5) is 0 Å². The molecule has 5 nitrogen and oxygen atoms in total. The molecule has 1 N–H and O–H groups in total. The average Bonchev–Trinajstić information content (AvgIpc) is 3.26. The minimum absolute atomic E-state index is 0.138. The number of nitrogens with zero attached hydrogens (tertiary/aromatic N) is 2. The van der Waals surface area contributed by atoms with E-state index in [9.17, 15) is 4.79 Å². The highest BCUT2D eigenvalue weighted by Crippen LogP contribution is 2.21. The first kappa shape index (κ1) is 18.5. The maximum absolute atomic E-state index is 12.6. The molecule has 144 valence electrons. The number of rotatable bonds is 7. The third-order valence-corrected chi connectivity index (χ3v) is 4.42. The van der Waals surface area contributed by atoms with Crippen LogP contribution in [0.5, 0.6) is 11.5 Å². The fraction of sp³-hybridized carbons (Fsp3) is 0.0833. The van der Waals surface area contributed by atoms with E-state index < -0.39 is 0 Å². The number of carbonyl (C=O) groups excluding carboxylic acids is 1. The predicted molar refractivity (Wildman–Crippen MR) is 112 cm³/mol.